The summed E-state index contributed by atoms with van der Waals surface area (Å²) in [6, 6.07) is 6.38. The normalized spacial score (nSPS) is 12.5. The monoisotopic (exact) mass is 267 g/mol. The van der Waals surface area contributed by atoms with Gasteiger partial charge in [-0.1, -0.05) is 12.1 Å². The maximum atomic E-state index is 12.9. The van der Waals surface area contributed by atoms with Crippen molar-refractivity contribution in [2.24, 2.45) is 5.73 Å². The molecule has 1 aromatic carbocycles. The number of hydrogen-bond acceptors (Lipinski definition) is 3. The fourth-order valence-corrected chi connectivity index (χ4v) is 1.85. The van der Waals surface area contributed by atoms with Crippen LogP contribution in [0.15, 0.2) is 24.3 Å². The lowest BCUT2D eigenvalue weighted by molar-refractivity contribution is -0.121. The second kappa shape index (κ2) is 7.86. The van der Waals surface area contributed by atoms with Gasteiger partial charge in [-0.25, -0.2) is 4.39 Å². The predicted octanol–water partition coefficient (Wildman–Crippen LogP) is 1.28. The van der Waals surface area contributed by atoms with Crippen LogP contribution in [0.3, 0.4) is 0 Å². The van der Waals surface area contributed by atoms with Crippen molar-refractivity contribution in [3.05, 3.63) is 35.6 Å². The highest BCUT2D eigenvalue weighted by Crippen LogP contribution is 2.17. The number of benzene rings is 1. The van der Waals surface area contributed by atoms with Crippen molar-refractivity contribution in [2.75, 3.05) is 27.2 Å². The number of amides is 1. The molecule has 4 nitrogen and oxygen atoms in total. The third kappa shape index (κ3) is 5.36. The molecule has 0 aromatic heterocycles. The number of nitrogens with two attached hydrogens (primary N) is 1. The summed E-state index contributed by atoms with van der Waals surface area (Å²) in [5.74, 6) is -0.257. The molecule has 1 aromatic rings. The van der Waals surface area contributed by atoms with E-state index in [1.807, 2.05) is 19.0 Å². The molecule has 0 bridgehead atoms. The van der Waals surface area contributed by atoms with E-state index in [4.69, 9.17) is 5.73 Å². The lowest BCUT2D eigenvalue weighted by Gasteiger charge is -2.25. The summed E-state index contributed by atoms with van der Waals surface area (Å²) >= 11 is 0. The summed E-state index contributed by atoms with van der Waals surface area (Å²) < 4.78 is 12.9. The highest BCUT2D eigenvalue weighted by Gasteiger charge is 2.15. The van der Waals surface area contributed by atoms with E-state index in [-0.39, 0.29) is 17.8 Å². The Morgan fingerprint density at radius 1 is 1.37 bits per heavy atom. The van der Waals surface area contributed by atoms with Crippen LogP contribution in [0.4, 0.5) is 4.39 Å². The zero-order chi connectivity index (χ0) is 14.3. The van der Waals surface area contributed by atoms with E-state index in [1.54, 1.807) is 12.1 Å². The van der Waals surface area contributed by atoms with E-state index in [9.17, 15) is 9.18 Å². The molecule has 0 radical (unpaired) electrons. The lowest BCUT2D eigenvalue weighted by Crippen LogP contribution is -2.34. The van der Waals surface area contributed by atoms with Gasteiger partial charge in [-0.05, 0) is 44.8 Å². The minimum atomic E-state index is -0.256. The number of rotatable bonds is 7. The van der Waals surface area contributed by atoms with Gasteiger partial charge in [0.25, 0.3) is 0 Å². The highest BCUT2D eigenvalue weighted by atomic mass is 19.1. The summed E-state index contributed by atoms with van der Waals surface area (Å²) in [5, 5.41) is 2.88. The van der Waals surface area contributed by atoms with Crippen molar-refractivity contribution in [3.63, 3.8) is 0 Å². The second-order valence-corrected chi connectivity index (χ2v) is 4.73. The molecule has 0 spiro atoms. The lowest BCUT2D eigenvalue weighted by atomic mass is 10.1. The molecule has 1 atom stereocenters. The molecule has 0 heterocycles. The smallest absolute Gasteiger partial charge is 0.220 e. The topological polar surface area (TPSA) is 58.4 Å². The van der Waals surface area contributed by atoms with Crippen molar-refractivity contribution in [2.45, 2.75) is 18.9 Å². The number of carbonyl (C=O) groups is 1. The standard InChI is InChI=1S/C14H22FN3O/c1-18(2)13(10-17-14(19)4-3-9-16)11-5-7-12(15)8-6-11/h5-8,13H,3-4,9-10,16H2,1-2H3,(H,17,19). The van der Waals surface area contributed by atoms with Crippen LogP contribution in [0.1, 0.15) is 24.4 Å². The van der Waals surface area contributed by atoms with E-state index in [2.05, 4.69) is 5.32 Å². The summed E-state index contributed by atoms with van der Waals surface area (Å²) in [5.41, 5.74) is 6.34. The SMILES string of the molecule is CN(C)C(CNC(=O)CCCN)c1ccc(F)cc1. The van der Waals surface area contributed by atoms with E-state index >= 15 is 0 Å². The number of nitrogens with zero attached hydrogens (tertiary/aromatic N) is 1. The number of carbonyl (C=O) groups excluding carboxylic acids is 1. The van der Waals surface area contributed by atoms with Crippen LogP contribution in [0.25, 0.3) is 0 Å². The van der Waals surface area contributed by atoms with Crippen LogP contribution in [-0.2, 0) is 4.79 Å². The van der Waals surface area contributed by atoms with Gasteiger partial charge >= 0.3 is 0 Å². The molecular weight excluding hydrogens is 245 g/mol. The molecule has 1 unspecified atom stereocenters. The molecule has 19 heavy (non-hydrogen) atoms. The molecule has 0 aliphatic heterocycles. The van der Waals surface area contributed by atoms with Gasteiger partial charge in [-0.15, -0.1) is 0 Å². The first kappa shape index (κ1) is 15.6. The van der Waals surface area contributed by atoms with Gasteiger partial charge in [0.15, 0.2) is 0 Å². The zero-order valence-corrected chi connectivity index (χ0v) is 11.5. The maximum Gasteiger partial charge on any atom is 0.220 e. The third-order valence-corrected chi connectivity index (χ3v) is 2.98. The molecule has 0 aliphatic carbocycles. The largest absolute Gasteiger partial charge is 0.354 e. The Balaban J connectivity index is 2.58. The van der Waals surface area contributed by atoms with Crippen molar-refractivity contribution in [3.8, 4) is 0 Å². The summed E-state index contributed by atoms with van der Waals surface area (Å²) in [4.78, 5) is 13.6. The van der Waals surface area contributed by atoms with Gasteiger partial charge in [-0.2, -0.15) is 0 Å². The quantitative estimate of drug-likeness (QED) is 0.782. The third-order valence-electron chi connectivity index (χ3n) is 2.98. The Morgan fingerprint density at radius 2 is 2.00 bits per heavy atom. The minimum absolute atomic E-state index is 0.000545. The number of halogens is 1. The van der Waals surface area contributed by atoms with E-state index < -0.39 is 0 Å². The Kier molecular flexibility index (Phi) is 6.45. The van der Waals surface area contributed by atoms with Crippen molar-refractivity contribution in [1.29, 1.82) is 0 Å². The average molecular weight is 267 g/mol. The molecule has 5 heteroatoms. The minimum Gasteiger partial charge on any atom is -0.354 e. The molecular formula is C14H22FN3O. The van der Waals surface area contributed by atoms with Crippen LogP contribution in [-0.4, -0.2) is 38.0 Å². The van der Waals surface area contributed by atoms with Crippen molar-refractivity contribution < 1.29 is 9.18 Å². The average Bonchev–Trinajstić information content (AvgIpc) is 2.38. The molecule has 3 N–H and O–H groups in total. The zero-order valence-electron chi connectivity index (χ0n) is 11.5. The second-order valence-electron chi connectivity index (χ2n) is 4.73. The number of likely N-dealkylation sites (N-methyl/N-ethyl adjacent to an activating group) is 1. The molecule has 0 fully saturated rings. The Labute approximate surface area is 113 Å². The highest BCUT2D eigenvalue weighted by molar-refractivity contribution is 5.75. The van der Waals surface area contributed by atoms with Crippen LogP contribution in [0, 0.1) is 5.82 Å². The van der Waals surface area contributed by atoms with Crippen LogP contribution in [0.2, 0.25) is 0 Å². The van der Waals surface area contributed by atoms with Gasteiger partial charge < -0.3 is 16.0 Å². The Hall–Kier alpha value is -1.46. The molecule has 1 amide bonds. The fraction of sp³-hybridized carbons (Fsp3) is 0.500. The van der Waals surface area contributed by atoms with Gasteiger partial charge in [0.1, 0.15) is 5.82 Å². The van der Waals surface area contributed by atoms with Crippen molar-refractivity contribution in [1.82, 2.24) is 10.2 Å². The van der Waals surface area contributed by atoms with E-state index in [0.29, 0.717) is 25.9 Å². The van der Waals surface area contributed by atoms with E-state index in [0.717, 1.165) is 5.56 Å². The van der Waals surface area contributed by atoms with Gasteiger partial charge in [-0.3, -0.25) is 4.79 Å². The fourth-order valence-electron chi connectivity index (χ4n) is 1.85. The number of nitrogens with one attached hydrogen (secondary N) is 1. The Morgan fingerprint density at radius 3 is 2.53 bits per heavy atom. The number of hydrogen-bond donors (Lipinski definition) is 2. The van der Waals surface area contributed by atoms with Crippen LogP contribution in [0.5, 0.6) is 0 Å². The van der Waals surface area contributed by atoms with Crippen molar-refractivity contribution >= 4 is 5.91 Å². The molecule has 1 rings (SSSR count). The molecule has 0 saturated carbocycles. The Bertz CT molecular complexity index is 392. The molecule has 106 valence electrons. The van der Waals surface area contributed by atoms with Crippen LogP contribution < -0.4 is 11.1 Å². The van der Waals surface area contributed by atoms with Gasteiger partial charge in [0.2, 0.25) is 5.91 Å². The van der Waals surface area contributed by atoms with Gasteiger partial charge in [0.05, 0.1) is 6.04 Å². The summed E-state index contributed by atoms with van der Waals surface area (Å²) in [6.07, 6.45) is 1.13. The summed E-state index contributed by atoms with van der Waals surface area (Å²) in [7, 11) is 3.86. The first-order valence-electron chi connectivity index (χ1n) is 6.43. The molecule has 0 aliphatic rings. The first-order valence-corrected chi connectivity index (χ1v) is 6.43. The van der Waals surface area contributed by atoms with E-state index in [1.165, 1.54) is 12.1 Å². The van der Waals surface area contributed by atoms with Crippen LogP contribution >= 0.6 is 0 Å². The first-order chi connectivity index (χ1) is 9.04. The summed E-state index contributed by atoms with van der Waals surface area (Å²) in [6.45, 7) is 1.02. The maximum absolute atomic E-state index is 12.9. The molecule has 0 saturated heterocycles. The van der Waals surface area contributed by atoms with Gasteiger partial charge in [0, 0.05) is 13.0 Å². The predicted molar refractivity (Wildman–Crippen MR) is 74.1 cm³/mol.